The number of thioether (sulfide) groups is 1. The molecule has 13 heteroatoms. The standard InChI is InChI=1S/C15H16F6N6S/c1-7(14(16,17)18)22-12-25-11(9-5-4-6-10(24-9)28-3)26-13(27-12)23-8(2)15(19,20)21/h4-8H,1-3H3,(H2,22,23,25,26,27). The lowest BCUT2D eigenvalue weighted by molar-refractivity contribution is -0.139. The Labute approximate surface area is 160 Å². The number of nitrogens with one attached hydrogen (secondary N) is 2. The summed E-state index contributed by atoms with van der Waals surface area (Å²) in [6.45, 7) is 1.67. The largest absolute Gasteiger partial charge is 0.408 e. The molecule has 2 aromatic heterocycles. The van der Waals surface area contributed by atoms with Gasteiger partial charge in [0.05, 0.1) is 5.03 Å². The first-order chi connectivity index (χ1) is 12.9. The van der Waals surface area contributed by atoms with Gasteiger partial charge in [-0.05, 0) is 32.2 Å². The molecule has 0 aromatic carbocycles. The van der Waals surface area contributed by atoms with Gasteiger partial charge in [-0.2, -0.15) is 41.3 Å². The Morgan fingerprint density at radius 1 is 0.821 bits per heavy atom. The van der Waals surface area contributed by atoms with Gasteiger partial charge < -0.3 is 10.6 Å². The lowest BCUT2D eigenvalue weighted by Crippen LogP contribution is -2.35. The summed E-state index contributed by atoms with van der Waals surface area (Å²) >= 11 is 1.30. The van der Waals surface area contributed by atoms with Crippen molar-refractivity contribution in [3.8, 4) is 11.5 Å². The molecule has 2 unspecified atom stereocenters. The molecule has 2 heterocycles. The third kappa shape index (κ3) is 5.84. The van der Waals surface area contributed by atoms with Crippen molar-refractivity contribution in [3.63, 3.8) is 0 Å². The number of pyridine rings is 1. The van der Waals surface area contributed by atoms with Gasteiger partial charge in [0.25, 0.3) is 0 Å². The molecule has 6 nitrogen and oxygen atoms in total. The molecule has 2 atom stereocenters. The van der Waals surface area contributed by atoms with Crippen molar-refractivity contribution in [3.05, 3.63) is 18.2 Å². The summed E-state index contributed by atoms with van der Waals surface area (Å²) < 4.78 is 76.9. The average molecular weight is 426 g/mol. The zero-order valence-electron chi connectivity index (χ0n) is 14.9. The van der Waals surface area contributed by atoms with E-state index in [1.807, 2.05) is 10.6 Å². The molecule has 0 aliphatic rings. The highest BCUT2D eigenvalue weighted by molar-refractivity contribution is 7.98. The van der Waals surface area contributed by atoms with E-state index in [4.69, 9.17) is 0 Å². The summed E-state index contributed by atoms with van der Waals surface area (Å²) in [7, 11) is 0. The third-order valence-corrected chi connectivity index (χ3v) is 4.12. The van der Waals surface area contributed by atoms with E-state index in [1.54, 1.807) is 18.4 Å². The quantitative estimate of drug-likeness (QED) is 0.524. The highest BCUT2D eigenvalue weighted by Gasteiger charge is 2.38. The van der Waals surface area contributed by atoms with Crippen molar-refractivity contribution in [2.24, 2.45) is 0 Å². The summed E-state index contributed by atoms with van der Waals surface area (Å²) in [5.41, 5.74) is 0.180. The molecule has 2 N–H and O–H groups in total. The smallest absolute Gasteiger partial charge is 0.343 e. The van der Waals surface area contributed by atoms with Crippen molar-refractivity contribution >= 4 is 23.7 Å². The van der Waals surface area contributed by atoms with Gasteiger partial charge in [0.2, 0.25) is 11.9 Å². The summed E-state index contributed by atoms with van der Waals surface area (Å²) in [5.74, 6) is -1.22. The maximum Gasteiger partial charge on any atom is 0.408 e. The maximum atomic E-state index is 12.8. The van der Waals surface area contributed by atoms with Crippen molar-refractivity contribution in [2.45, 2.75) is 43.3 Å². The number of anilines is 2. The maximum absolute atomic E-state index is 12.8. The molecule has 2 rings (SSSR count). The molecule has 154 valence electrons. The van der Waals surface area contributed by atoms with Gasteiger partial charge in [-0.25, -0.2) is 4.98 Å². The molecule has 0 radical (unpaired) electrons. The molecule has 0 spiro atoms. The zero-order chi connectivity index (χ0) is 21.1. The van der Waals surface area contributed by atoms with Gasteiger partial charge in [-0.15, -0.1) is 11.8 Å². The first-order valence-electron chi connectivity index (χ1n) is 7.84. The predicted octanol–water partition coefficient (Wildman–Crippen LogP) is 4.38. The molecular formula is C15H16F6N6S. The molecule has 0 aliphatic heterocycles. The van der Waals surface area contributed by atoms with Crippen molar-refractivity contribution < 1.29 is 26.3 Å². The third-order valence-electron chi connectivity index (χ3n) is 3.47. The monoisotopic (exact) mass is 426 g/mol. The Morgan fingerprint density at radius 3 is 1.75 bits per heavy atom. The Balaban J connectivity index is 2.45. The fourth-order valence-corrected chi connectivity index (χ4v) is 2.23. The highest BCUT2D eigenvalue weighted by Crippen LogP contribution is 2.26. The minimum absolute atomic E-state index is 0.167. The van der Waals surface area contributed by atoms with Crippen molar-refractivity contribution in [2.75, 3.05) is 16.9 Å². The second-order valence-corrected chi connectivity index (χ2v) is 6.51. The van der Waals surface area contributed by atoms with Crippen LogP contribution in [0.3, 0.4) is 0 Å². The molecular weight excluding hydrogens is 410 g/mol. The minimum atomic E-state index is -4.60. The fraction of sp³-hybridized carbons (Fsp3) is 0.467. The number of rotatable bonds is 6. The molecule has 0 amide bonds. The topological polar surface area (TPSA) is 75.6 Å². The van der Waals surface area contributed by atoms with Crippen LogP contribution in [0.2, 0.25) is 0 Å². The molecule has 0 fully saturated rings. The summed E-state index contributed by atoms with van der Waals surface area (Å²) in [4.78, 5) is 15.6. The van der Waals surface area contributed by atoms with Gasteiger partial charge >= 0.3 is 12.4 Å². The molecule has 28 heavy (non-hydrogen) atoms. The Bertz CT molecular complexity index is 772. The van der Waals surface area contributed by atoms with Crippen molar-refractivity contribution in [1.29, 1.82) is 0 Å². The van der Waals surface area contributed by atoms with E-state index >= 15 is 0 Å². The molecule has 0 saturated carbocycles. The van der Waals surface area contributed by atoms with Gasteiger partial charge in [0.15, 0.2) is 5.82 Å². The van der Waals surface area contributed by atoms with Gasteiger partial charge in [-0.3, -0.25) is 0 Å². The van der Waals surface area contributed by atoms with Crippen LogP contribution in [0.4, 0.5) is 38.2 Å². The van der Waals surface area contributed by atoms with Crippen LogP contribution in [-0.2, 0) is 0 Å². The van der Waals surface area contributed by atoms with Crippen LogP contribution < -0.4 is 10.6 Å². The van der Waals surface area contributed by atoms with Crippen LogP contribution in [0.5, 0.6) is 0 Å². The molecule has 0 aliphatic carbocycles. The van der Waals surface area contributed by atoms with E-state index < -0.39 is 36.3 Å². The Morgan fingerprint density at radius 2 is 1.32 bits per heavy atom. The number of nitrogens with zero attached hydrogens (tertiary/aromatic N) is 4. The summed E-state index contributed by atoms with van der Waals surface area (Å²) in [6.07, 6.45) is -7.44. The van der Waals surface area contributed by atoms with Crippen LogP contribution >= 0.6 is 11.8 Å². The number of aromatic nitrogens is 4. The van der Waals surface area contributed by atoms with Gasteiger partial charge in [-0.1, -0.05) is 6.07 Å². The molecule has 0 bridgehead atoms. The Kier molecular flexibility index (Phi) is 6.57. The second-order valence-electron chi connectivity index (χ2n) is 5.69. The van der Waals surface area contributed by atoms with E-state index in [2.05, 4.69) is 19.9 Å². The average Bonchev–Trinajstić information content (AvgIpc) is 2.60. The normalized spacial score (nSPS) is 14.5. The first kappa shape index (κ1) is 22.0. The molecule has 0 saturated heterocycles. The van der Waals surface area contributed by atoms with E-state index in [9.17, 15) is 26.3 Å². The minimum Gasteiger partial charge on any atom is -0.343 e. The van der Waals surface area contributed by atoms with Crippen LogP contribution in [0, 0.1) is 0 Å². The second kappa shape index (κ2) is 8.37. The van der Waals surface area contributed by atoms with E-state index in [0.29, 0.717) is 5.03 Å². The lowest BCUT2D eigenvalue weighted by Gasteiger charge is -2.20. The first-order valence-corrected chi connectivity index (χ1v) is 9.06. The van der Waals surface area contributed by atoms with Crippen LogP contribution in [0.15, 0.2) is 23.2 Å². The number of halogens is 6. The summed E-state index contributed by atoms with van der Waals surface area (Å²) in [5, 5.41) is 4.64. The summed E-state index contributed by atoms with van der Waals surface area (Å²) in [6, 6.07) is 0.741. The highest BCUT2D eigenvalue weighted by atomic mass is 32.2. The fourth-order valence-electron chi connectivity index (χ4n) is 1.82. The van der Waals surface area contributed by atoms with E-state index in [1.165, 1.54) is 17.8 Å². The van der Waals surface area contributed by atoms with Crippen LogP contribution in [0.25, 0.3) is 11.5 Å². The van der Waals surface area contributed by atoms with Gasteiger partial charge in [0.1, 0.15) is 17.8 Å². The SMILES string of the molecule is CSc1cccc(-c2nc(NC(C)C(F)(F)F)nc(NC(C)C(F)(F)F)n2)n1. The molecule has 2 aromatic rings. The zero-order valence-corrected chi connectivity index (χ0v) is 15.7. The van der Waals surface area contributed by atoms with Crippen LogP contribution in [0.1, 0.15) is 13.8 Å². The number of hydrogen-bond acceptors (Lipinski definition) is 7. The lowest BCUT2D eigenvalue weighted by atomic mass is 10.3. The van der Waals surface area contributed by atoms with Crippen molar-refractivity contribution in [1.82, 2.24) is 19.9 Å². The predicted molar refractivity (Wildman–Crippen MR) is 93.1 cm³/mol. The number of alkyl halides is 6. The number of hydrogen-bond donors (Lipinski definition) is 2. The Hall–Kier alpha value is -2.31. The van der Waals surface area contributed by atoms with Crippen LogP contribution in [-0.4, -0.2) is 50.6 Å². The van der Waals surface area contributed by atoms with E-state index in [-0.39, 0.29) is 11.5 Å². The van der Waals surface area contributed by atoms with E-state index in [0.717, 1.165) is 13.8 Å². The van der Waals surface area contributed by atoms with Gasteiger partial charge in [0, 0.05) is 0 Å².